The number of allylic oxidation sites excluding steroid dienone is 2. The fourth-order valence-electron chi connectivity index (χ4n) is 4.12. The normalized spacial score (nSPS) is 23.4. The number of benzene rings is 3. The highest BCUT2D eigenvalue weighted by atomic mass is 14.4. The van der Waals surface area contributed by atoms with Gasteiger partial charge < -0.3 is 0 Å². The van der Waals surface area contributed by atoms with Crippen LogP contribution in [-0.2, 0) is 0 Å². The van der Waals surface area contributed by atoms with Gasteiger partial charge in [-0.1, -0.05) is 60.7 Å². The molecule has 0 fully saturated rings. The average Bonchev–Trinajstić information content (AvgIpc) is 3.09. The summed E-state index contributed by atoms with van der Waals surface area (Å²) in [7, 11) is 0. The van der Waals surface area contributed by atoms with Crippen LogP contribution in [0.4, 0.5) is 0 Å². The fourth-order valence-corrected chi connectivity index (χ4v) is 4.12. The lowest BCUT2D eigenvalue weighted by atomic mass is 9.86. The summed E-state index contributed by atoms with van der Waals surface area (Å²) < 4.78 is 0. The van der Waals surface area contributed by atoms with E-state index in [0.717, 1.165) is 0 Å². The number of rotatable bonds is 0. The highest BCUT2D eigenvalue weighted by Gasteiger charge is 2.35. The van der Waals surface area contributed by atoms with E-state index >= 15 is 0 Å². The van der Waals surface area contributed by atoms with Crippen LogP contribution in [0.2, 0.25) is 0 Å². The third-order valence-electron chi connectivity index (χ3n) is 4.84. The second-order valence-corrected chi connectivity index (χ2v) is 5.75. The Kier molecular flexibility index (Phi) is 1.69. The molecule has 0 unspecified atom stereocenters. The second kappa shape index (κ2) is 3.27. The van der Waals surface area contributed by atoms with Crippen LogP contribution in [0.3, 0.4) is 0 Å². The molecule has 0 amide bonds. The molecule has 0 spiro atoms. The maximum absolute atomic E-state index is 2.41. The van der Waals surface area contributed by atoms with Crippen LogP contribution in [0.1, 0.15) is 29.4 Å². The first-order valence-electron chi connectivity index (χ1n) is 7.05. The van der Waals surface area contributed by atoms with Gasteiger partial charge in [-0.25, -0.2) is 0 Å². The summed E-state index contributed by atoms with van der Waals surface area (Å²) in [6.07, 6.45) is 6.11. The van der Waals surface area contributed by atoms with E-state index in [1.54, 1.807) is 11.1 Å². The summed E-state index contributed by atoms with van der Waals surface area (Å²) in [5.41, 5.74) is 3.20. The minimum atomic E-state index is 0.648. The largest absolute Gasteiger partial charge is 0.0803 e. The van der Waals surface area contributed by atoms with Gasteiger partial charge in [-0.3, -0.25) is 0 Å². The SMILES string of the molecule is C1=C[C@H]2C[C@@H]1c1c2c2ccccc2c2ccccc12. The van der Waals surface area contributed by atoms with E-state index < -0.39 is 0 Å². The van der Waals surface area contributed by atoms with Gasteiger partial charge in [0, 0.05) is 11.8 Å². The third-order valence-corrected chi connectivity index (χ3v) is 4.84. The van der Waals surface area contributed by atoms with Gasteiger partial charge in [0.15, 0.2) is 0 Å². The van der Waals surface area contributed by atoms with Crippen molar-refractivity contribution in [1.29, 1.82) is 0 Å². The molecule has 2 aliphatic rings. The van der Waals surface area contributed by atoms with Gasteiger partial charge in [-0.2, -0.15) is 0 Å². The van der Waals surface area contributed by atoms with Crippen molar-refractivity contribution in [2.24, 2.45) is 0 Å². The Morgan fingerprint density at radius 1 is 0.579 bits per heavy atom. The molecule has 3 aromatic rings. The van der Waals surface area contributed by atoms with Gasteiger partial charge in [0.2, 0.25) is 0 Å². The number of fused-ring (bicyclic) bond motifs is 10. The second-order valence-electron chi connectivity index (χ2n) is 5.75. The highest BCUT2D eigenvalue weighted by molar-refractivity contribution is 6.11. The van der Waals surface area contributed by atoms with E-state index in [4.69, 9.17) is 0 Å². The molecule has 2 bridgehead atoms. The molecule has 0 N–H and O–H groups in total. The quantitative estimate of drug-likeness (QED) is 0.378. The van der Waals surface area contributed by atoms with E-state index in [9.17, 15) is 0 Å². The van der Waals surface area contributed by atoms with Crippen LogP contribution >= 0.6 is 0 Å². The summed E-state index contributed by atoms with van der Waals surface area (Å²) in [5.74, 6) is 1.30. The topological polar surface area (TPSA) is 0 Å². The summed E-state index contributed by atoms with van der Waals surface area (Å²) in [6, 6.07) is 17.8. The van der Waals surface area contributed by atoms with Crippen LogP contribution in [0.25, 0.3) is 21.5 Å². The fraction of sp³-hybridized carbons (Fsp3) is 0.158. The van der Waals surface area contributed by atoms with Crippen LogP contribution in [-0.4, -0.2) is 0 Å². The average molecular weight is 242 g/mol. The van der Waals surface area contributed by atoms with Gasteiger partial charge in [0.05, 0.1) is 0 Å². The molecule has 0 aliphatic heterocycles. The Bertz CT molecular complexity index is 784. The maximum Gasteiger partial charge on any atom is 0.00363 e. The van der Waals surface area contributed by atoms with Gasteiger partial charge in [0.1, 0.15) is 0 Å². The summed E-state index contributed by atoms with van der Waals surface area (Å²) in [6.45, 7) is 0. The van der Waals surface area contributed by atoms with Crippen molar-refractivity contribution >= 4 is 21.5 Å². The van der Waals surface area contributed by atoms with E-state index in [1.807, 2.05) is 0 Å². The van der Waals surface area contributed by atoms with E-state index in [2.05, 4.69) is 60.7 Å². The predicted octanol–water partition coefficient (Wildman–Crippen LogP) is 5.13. The van der Waals surface area contributed by atoms with Crippen molar-refractivity contribution in [2.75, 3.05) is 0 Å². The highest BCUT2D eigenvalue weighted by Crippen LogP contribution is 2.53. The molecule has 0 saturated heterocycles. The Morgan fingerprint density at radius 3 is 1.47 bits per heavy atom. The first kappa shape index (κ1) is 9.80. The summed E-state index contributed by atoms with van der Waals surface area (Å²) in [5, 5.41) is 5.76. The van der Waals surface area contributed by atoms with Gasteiger partial charge in [-0.15, -0.1) is 0 Å². The molecule has 19 heavy (non-hydrogen) atoms. The first-order chi connectivity index (χ1) is 9.43. The van der Waals surface area contributed by atoms with Crippen molar-refractivity contribution in [3.63, 3.8) is 0 Å². The van der Waals surface area contributed by atoms with Crippen molar-refractivity contribution in [3.8, 4) is 0 Å². The summed E-state index contributed by atoms with van der Waals surface area (Å²) >= 11 is 0. The van der Waals surface area contributed by atoms with Crippen LogP contribution < -0.4 is 0 Å². The molecule has 0 heteroatoms. The minimum Gasteiger partial charge on any atom is -0.0803 e. The Balaban J connectivity index is 2.11. The summed E-state index contributed by atoms with van der Waals surface area (Å²) in [4.78, 5) is 0. The molecule has 2 atom stereocenters. The van der Waals surface area contributed by atoms with Crippen LogP contribution in [0.5, 0.6) is 0 Å². The lowest BCUT2D eigenvalue weighted by Crippen LogP contribution is -1.96. The minimum absolute atomic E-state index is 0.648. The molecular formula is C19H14. The molecule has 0 aromatic heterocycles. The number of hydrogen-bond acceptors (Lipinski definition) is 0. The molecule has 5 rings (SSSR count). The third kappa shape index (κ3) is 1.10. The lowest BCUT2D eigenvalue weighted by Gasteiger charge is -2.17. The first-order valence-corrected chi connectivity index (χ1v) is 7.05. The van der Waals surface area contributed by atoms with E-state index in [1.165, 1.54) is 28.0 Å². The van der Waals surface area contributed by atoms with E-state index in [0.29, 0.717) is 11.8 Å². The van der Waals surface area contributed by atoms with Crippen molar-refractivity contribution in [3.05, 3.63) is 71.8 Å². The van der Waals surface area contributed by atoms with Crippen molar-refractivity contribution in [1.82, 2.24) is 0 Å². The molecule has 2 aliphatic carbocycles. The zero-order chi connectivity index (χ0) is 12.4. The zero-order valence-corrected chi connectivity index (χ0v) is 10.6. The van der Waals surface area contributed by atoms with Gasteiger partial charge in [0.25, 0.3) is 0 Å². The number of hydrogen-bond donors (Lipinski definition) is 0. The molecule has 90 valence electrons. The molecule has 0 radical (unpaired) electrons. The van der Waals surface area contributed by atoms with Crippen molar-refractivity contribution < 1.29 is 0 Å². The molecule has 0 nitrogen and oxygen atoms in total. The molecular weight excluding hydrogens is 228 g/mol. The smallest absolute Gasteiger partial charge is 0.00363 e. The van der Waals surface area contributed by atoms with Gasteiger partial charge >= 0.3 is 0 Å². The Labute approximate surface area is 112 Å². The Morgan fingerprint density at radius 2 is 1.00 bits per heavy atom. The van der Waals surface area contributed by atoms with Gasteiger partial charge in [-0.05, 0) is 39.1 Å². The molecule has 0 saturated carbocycles. The van der Waals surface area contributed by atoms with Crippen LogP contribution in [0.15, 0.2) is 60.7 Å². The molecule has 3 aromatic carbocycles. The predicted molar refractivity (Wildman–Crippen MR) is 80.7 cm³/mol. The van der Waals surface area contributed by atoms with E-state index in [-0.39, 0.29) is 0 Å². The maximum atomic E-state index is 2.41. The molecule has 0 heterocycles. The zero-order valence-electron chi connectivity index (χ0n) is 10.6. The standard InChI is InChI=1S/C19H14/c1-3-7-16-14(5-1)15-6-2-4-8-17(15)19-13-10-9-12(11-13)18(16)19/h1-10,12-13H,11H2/t12-,13+. The van der Waals surface area contributed by atoms with Crippen molar-refractivity contribution in [2.45, 2.75) is 18.3 Å². The lowest BCUT2D eigenvalue weighted by molar-refractivity contribution is 0.808. The Hall–Kier alpha value is -2.08. The monoisotopic (exact) mass is 242 g/mol. The van der Waals surface area contributed by atoms with Crippen LogP contribution in [0, 0.1) is 0 Å².